The minimum atomic E-state index is -0.326. The molecule has 0 atom stereocenters. The van der Waals surface area contributed by atoms with Crippen LogP contribution >= 0.6 is 11.8 Å². The quantitative estimate of drug-likeness (QED) is 0.790. The van der Waals surface area contributed by atoms with Crippen LogP contribution in [0.15, 0.2) is 53.4 Å². The Hall–Kier alpha value is -2.34. The molecule has 4 nitrogen and oxygen atoms in total. The number of benzene rings is 2. The molecule has 1 heterocycles. The first-order valence-corrected chi connectivity index (χ1v) is 9.64. The van der Waals surface area contributed by atoms with E-state index in [2.05, 4.69) is 5.32 Å². The van der Waals surface area contributed by atoms with Crippen LogP contribution < -0.4 is 5.32 Å². The van der Waals surface area contributed by atoms with Crippen molar-refractivity contribution in [1.29, 1.82) is 0 Å². The molecule has 1 saturated heterocycles. The van der Waals surface area contributed by atoms with Gasteiger partial charge >= 0.3 is 0 Å². The number of likely N-dealkylation sites (tertiary alicyclic amines) is 1. The zero-order valence-electron chi connectivity index (χ0n) is 14.4. The van der Waals surface area contributed by atoms with Gasteiger partial charge in [0.25, 0.3) is 5.91 Å². The Morgan fingerprint density at radius 3 is 2.62 bits per heavy atom. The van der Waals surface area contributed by atoms with Gasteiger partial charge in [0.15, 0.2) is 0 Å². The highest BCUT2D eigenvalue weighted by atomic mass is 32.2. The predicted octanol–water partition coefficient (Wildman–Crippen LogP) is 3.47. The smallest absolute Gasteiger partial charge is 0.252 e. The average Bonchev–Trinajstić information content (AvgIpc) is 3.19. The summed E-state index contributed by atoms with van der Waals surface area (Å²) in [5.41, 5.74) is 1.23. The van der Waals surface area contributed by atoms with Crippen molar-refractivity contribution in [2.45, 2.75) is 24.3 Å². The van der Waals surface area contributed by atoms with Gasteiger partial charge in [-0.1, -0.05) is 24.3 Å². The maximum Gasteiger partial charge on any atom is 0.252 e. The molecule has 2 aromatic rings. The third-order valence-corrected chi connectivity index (χ3v) is 5.34. The van der Waals surface area contributed by atoms with Crippen LogP contribution in [0.2, 0.25) is 0 Å². The minimum absolute atomic E-state index is 0.113. The number of nitrogens with zero attached hydrogens (tertiary/aromatic N) is 1. The number of halogens is 1. The molecule has 1 aliphatic rings. The molecule has 136 valence electrons. The molecule has 1 N–H and O–H groups in total. The normalized spacial score (nSPS) is 13.7. The number of nitrogens with one attached hydrogen (secondary N) is 1. The summed E-state index contributed by atoms with van der Waals surface area (Å²) in [6.07, 6.45) is 2.13. The number of carbonyl (C=O) groups excluding carboxylic acids is 2. The molecule has 2 amide bonds. The fraction of sp³-hybridized carbons (Fsp3) is 0.300. The maximum atomic E-state index is 13.2. The van der Waals surface area contributed by atoms with Crippen molar-refractivity contribution in [3.05, 3.63) is 65.5 Å². The molecule has 0 bridgehead atoms. The van der Waals surface area contributed by atoms with Gasteiger partial charge in [-0.25, -0.2) is 4.39 Å². The Kier molecular flexibility index (Phi) is 6.28. The monoisotopic (exact) mass is 372 g/mol. The molecule has 0 saturated carbocycles. The van der Waals surface area contributed by atoms with Crippen LogP contribution in [-0.2, 0) is 11.3 Å². The molecule has 6 heteroatoms. The van der Waals surface area contributed by atoms with Gasteiger partial charge in [0.05, 0.1) is 11.3 Å². The van der Waals surface area contributed by atoms with Gasteiger partial charge in [-0.2, -0.15) is 0 Å². The first-order chi connectivity index (χ1) is 12.6. The van der Waals surface area contributed by atoms with Gasteiger partial charge in [-0.15, -0.1) is 11.8 Å². The van der Waals surface area contributed by atoms with Gasteiger partial charge in [-0.05, 0) is 42.7 Å². The highest BCUT2D eigenvalue weighted by Gasteiger charge is 2.19. The predicted molar refractivity (Wildman–Crippen MR) is 101 cm³/mol. The summed E-state index contributed by atoms with van der Waals surface area (Å²) < 4.78 is 13.2. The number of hydrogen-bond acceptors (Lipinski definition) is 3. The fourth-order valence-corrected chi connectivity index (χ4v) is 3.85. The van der Waals surface area contributed by atoms with E-state index in [1.165, 1.54) is 23.9 Å². The molecule has 2 aromatic carbocycles. The summed E-state index contributed by atoms with van der Waals surface area (Å²) in [5.74, 6) is -0.115. The molecule has 0 spiro atoms. The highest BCUT2D eigenvalue weighted by Crippen LogP contribution is 2.24. The molecule has 1 aliphatic heterocycles. The molecule has 1 fully saturated rings. The topological polar surface area (TPSA) is 49.4 Å². The van der Waals surface area contributed by atoms with Crippen molar-refractivity contribution in [2.24, 2.45) is 0 Å². The van der Waals surface area contributed by atoms with Gasteiger partial charge in [0.1, 0.15) is 5.82 Å². The van der Waals surface area contributed by atoms with Crippen LogP contribution in [0.5, 0.6) is 0 Å². The van der Waals surface area contributed by atoms with Crippen molar-refractivity contribution in [1.82, 2.24) is 10.2 Å². The summed E-state index contributed by atoms with van der Waals surface area (Å²) in [5, 5.41) is 2.81. The van der Waals surface area contributed by atoms with Gasteiger partial charge in [0, 0.05) is 24.5 Å². The van der Waals surface area contributed by atoms with Crippen molar-refractivity contribution >= 4 is 23.6 Å². The summed E-state index contributed by atoms with van der Waals surface area (Å²) in [6.45, 7) is 1.91. The summed E-state index contributed by atoms with van der Waals surface area (Å²) in [4.78, 5) is 27.4. The lowest BCUT2D eigenvalue weighted by atomic mass is 10.2. The molecular weight excluding hydrogens is 351 g/mol. The largest absolute Gasteiger partial charge is 0.348 e. The third-order valence-electron chi connectivity index (χ3n) is 4.28. The second-order valence-electron chi connectivity index (χ2n) is 6.19. The van der Waals surface area contributed by atoms with E-state index in [-0.39, 0.29) is 24.2 Å². The minimum Gasteiger partial charge on any atom is -0.348 e. The van der Waals surface area contributed by atoms with E-state index in [1.54, 1.807) is 24.3 Å². The lowest BCUT2D eigenvalue weighted by Crippen LogP contribution is -2.29. The number of thioether (sulfide) groups is 1. The number of hydrogen-bond donors (Lipinski definition) is 1. The molecule has 3 rings (SSSR count). The van der Waals surface area contributed by atoms with Crippen molar-refractivity contribution in [3.8, 4) is 0 Å². The van der Waals surface area contributed by atoms with E-state index in [0.29, 0.717) is 16.9 Å². The van der Waals surface area contributed by atoms with Crippen LogP contribution in [-0.4, -0.2) is 35.6 Å². The van der Waals surface area contributed by atoms with Gasteiger partial charge in [0.2, 0.25) is 5.91 Å². The second-order valence-corrected chi connectivity index (χ2v) is 7.20. The number of carbonyl (C=O) groups is 2. The Bertz CT molecular complexity index is 791. The van der Waals surface area contributed by atoms with Crippen molar-refractivity contribution in [2.75, 3.05) is 18.8 Å². The van der Waals surface area contributed by atoms with E-state index < -0.39 is 0 Å². The maximum absolute atomic E-state index is 13.2. The van der Waals surface area contributed by atoms with Crippen molar-refractivity contribution < 1.29 is 14.0 Å². The summed E-state index contributed by atoms with van der Waals surface area (Å²) in [6, 6.07) is 13.4. The molecule has 26 heavy (non-hydrogen) atoms. The Morgan fingerprint density at radius 2 is 1.85 bits per heavy atom. The molecule has 0 aliphatic carbocycles. The zero-order chi connectivity index (χ0) is 18.4. The van der Waals surface area contributed by atoms with E-state index in [0.717, 1.165) is 30.8 Å². The number of rotatable bonds is 6. The van der Waals surface area contributed by atoms with E-state index in [9.17, 15) is 14.0 Å². The van der Waals surface area contributed by atoms with Crippen LogP contribution in [0, 0.1) is 5.82 Å². The molecule has 0 aromatic heterocycles. The number of amides is 2. The van der Waals surface area contributed by atoms with E-state index in [4.69, 9.17) is 0 Å². The summed E-state index contributed by atoms with van der Waals surface area (Å²) in [7, 11) is 0. The first kappa shape index (κ1) is 18.5. The highest BCUT2D eigenvalue weighted by molar-refractivity contribution is 8.00. The van der Waals surface area contributed by atoms with Crippen LogP contribution in [0.25, 0.3) is 0 Å². The Balaban J connectivity index is 1.60. The van der Waals surface area contributed by atoms with E-state index in [1.807, 2.05) is 17.0 Å². The van der Waals surface area contributed by atoms with E-state index >= 15 is 0 Å². The van der Waals surface area contributed by atoms with Gasteiger partial charge in [-0.3, -0.25) is 9.59 Å². The van der Waals surface area contributed by atoms with Crippen LogP contribution in [0.1, 0.15) is 28.8 Å². The van der Waals surface area contributed by atoms with Gasteiger partial charge < -0.3 is 10.2 Å². The zero-order valence-corrected chi connectivity index (χ0v) is 15.2. The van der Waals surface area contributed by atoms with Crippen LogP contribution in [0.3, 0.4) is 0 Å². The third kappa shape index (κ3) is 4.85. The first-order valence-electron chi connectivity index (χ1n) is 8.66. The Labute approximate surface area is 156 Å². The SMILES string of the molecule is O=C(NCc1cccc(F)c1)c1ccccc1SCC(=O)N1CCCC1. The Morgan fingerprint density at radius 1 is 1.08 bits per heavy atom. The lowest BCUT2D eigenvalue weighted by molar-refractivity contribution is -0.127. The average molecular weight is 372 g/mol. The second kappa shape index (κ2) is 8.85. The van der Waals surface area contributed by atoms with Crippen LogP contribution in [0.4, 0.5) is 4.39 Å². The fourth-order valence-electron chi connectivity index (χ4n) is 2.90. The molecular formula is C20H21FN2O2S. The molecule has 0 unspecified atom stereocenters. The summed E-state index contributed by atoms with van der Waals surface area (Å²) >= 11 is 1.38. The lowest BCUT2D eigenvalue weighted by Gasteiger charge is -2.15. The standard InChI is InChI=1S/C20H21FN2O2S/c21-16-7-5-6-15(12-16)13-22-20(25)17-8-1-2-9-18(17)26-14-19(24)23-10-3-4-11-23/h1-2,5-9,12H,3-4,10-11,13-14H2,(H,22,25). The molecule has 0 radical (unpaired) electrons. The van der Waals surface area contributed by atoms with Crippen molar-refractivity contribution in [3.63, 3.8) is 0 Å².